The summed E-state index contributed by atoms with van der Waals surface area (Å²) in [6.45, 7) is 4.62. The van der Waals surface area contributed by atoms with E-state index in [0.29, 0.717) is 24.9 Å². The normalized spacial score (nSPS) is 35.4. The molecule has 17 heavy (non-hydrogen) atoms. The number of nitrogens with zero attached hydrogens (tertiary/aromatic N) is 1. The molecule has 2 aliphatic rings. The van der Waals surface area contributed by atoms with Crippen molar-refractivity contribution < 1.29 is 9.59 Å². The molecule has 1 saturated carbocycles. The van der Waals surface area contributed by atoms with E-state index in [9.17, 15) is 9.59 Å². The summed E-state index contributed by atoms with van der Waals surface area (Å²) in [4.78, 5) is 25.6. The predicted molar refractivity (Wildman–Crippen MR) is 65.4 cm³/mol. The van der Waals surface area contributed by atoms with E-state index >= 15 is 0 Å². The molecule has 4 nitrogen and oxygen atoms in total. The summed E-state index contributed by atoms with van der Waals surface area (Å²) in [6, 6.07) is -0.0105. The van der Waals surface area contributed by atoms with Crippen LogP contribution in [0.25, 0.3) is 0 Å². The lowest BCUT2D eigenvalue weighted by atomic mass is 9.86. The van der Waals surface area contributed by atoms with Gasteiger partial charge in [-0.3, -0.25) is 9.59 Å². The van der Waals surface area contributed by atoms with Crippen LogP contribution in [0, 0.1) is 5.92 Å². The highest BCUT2D eigenvalue weighted by Crippen LogP contribution is 2.28. The van der Waals surface area contributed by atoms with Crippen LogP contribution in [0.1, 0.15) is 46.0 Å². The van der Waals surface area contributed by atoms with E-state index in [-0.39, 0.29) is 17.9 Å². The summed E-state index contributed by atoms with van der Waals surface area (Å²) in [5.74, 6) is 0.788. The summed E-state index contributed by atoms with van der Waals surface area (Å²) < 4.78 is 0. The van der Waals surface area contributed by atoms with Gasteiger partial charge in [0.15, 0.2) is 0 Å². The van der Waals surface area contributed by atoms with Crippen molar-refractivity contribution in [1.82, 2.24) is 10.2 Å². The second kappa shape index (κ2) is 5.07. The standard InChI is InChI=1S/C13H22N2O2/c1-9-4-3-5-11(8-9)15-7-6-12(16)14-10(2)13(15)17/h9-11H,3-8H2,1-2H3,(H,14,16). The Balaban J connectivity index is 2.07. The molecular formula is C13H22N2O2. The predicted octanol–water partition coefficient (Wildman–Crippen LogP) is 1.30. The minimum Gasteiger partial charge on any atom is -0.345 e. The van der Waals surface area contributed by atoms with Gasteiger partial charge in [-0.1, -0.05) is 19.8 Å². The minimum absolute atomic E-state index is 0.00259. The van der Waals surface area contributed by atoms with Crippen LogP contribution in [-0.4, -0.2) is 35.3 Å². The highest BCUT2D eigenvalue weighted by atomic mass is 16.2. The highest BCUT2D eigenvalue weighted by Gasteiger charge is 2.33. The van der Waals surface area contributed by atoms with Gasteiger partial charge in [-0.15, -0.1) is 0 Å². The second-order valence-corrected chi connectivity index (χ2v) is 5.50. The van der Waals surface area contributed by atoms with Gasteiger partial charge in [0.1, 0.15) is 6.04 Å². The number of hydrogen-bond acceptors (Lipinski definition) is 2. The molecule has 1 aliphatic carbocycles. The lowest BCUT2D eigenvalue weighted by Crippen LogP contribution is -2.48. The molecule has 96 valence electrons. The fourth-order valence-electron chi connectivity index (χ4n) is 3.00. The first-order chi connectivity index (χ1) is 8.08. The minimum atomic E-state index is -0.359. The number of carbonyl (C=O) groups is 2. The third-order valence-electron chi connectivity index (χ3n) is 3.96. The Kier molecular flexibility index (Phi) is 3.69. The largest absolute Gasteiger partial charge is 0.345 e. The topological polar surface area (TPSA) is 49.4 Å². The molecule has 0 radical (unpaired) electrons. The van der Waals surface area contributed by atoms with Crippen LogP contribution >= 0.6 is 0 Å². The monoisotopic (exact) mass is 238 g/mol. The molecule has 0 spiro atoms. The highest BCUT2D eigenvalue weighted by molar-refractivity contribution is 5.89. The summed E-state index contributed by atoms with van der Waals surface area (Å²) in [6.07, 6.45) is 5.10. The van der Waals surface area contributed by atoms with Crippen molar-refractivity contribution in [2.75, 3.05) is 6.54 Å². The number of nitrogens with one attached hydrogen (secondary N) is 1. The van der Waals surface area contributed by atoms with Gasteiger partial charge in [-0.25, -0.2) is 0 Å². The zero-order valence-electron chi connectivity index (χ0n) is 10.7. The van der Waals surface area contributed by atoms with Crippen molar-refractivity contribution in [2.24, 2.45) is 5.92 Å². The van der Waals surface area contributed by atoms with Crippen LogP contribution in [0.4, 0.5) is 0 Å². The molecule has 4 heteroatoms. The molecule has 3 unspecified atom stereocenters. The zero-order valence-corrected chi connectivity index (χ0v) is 10.7. The molecule has 1 aliphatic heterocycles. The van der Waals surface area contributed by atoms with Gasteiger partial charge in [0.2, 0.25) is 11.8 Å². The molecule has 0 aromatic rings. The van der Waals surface area contributed by atoms with Gasteiger partial charge in [0.05, 0.1) is 0 Å². The maximum absolute atomic E-state index is 12.2. The summed E-state index contributed by atoms with van der Waals surface area (Å²) >= 11 is 0. The zero-order chi connectivity index (χ0) is 12.4. The molecule has 3 atom stereocenters. The lowest BCUT2D eigenvalue weighted by molar-refractivity contribution is -0.135. The first-order valence-corrected chi connectivity index (χ1v) is 6.67. The smallest absolute Gasteiger partial charge is 0.245 e. The Morgan fingerprint density at radius 1 is 1.24 bits per heavy atom. The molecule has 1 saturated heterocycles. The van der Waals surface area contributed by atoms with Gasteiger partial charge in [-0.2, -0.15) is 0 Å². The van der Waals surface area contributed by atoms with E-state index in [1.54, 1.807) is 6.92 Å². The fourth-order valence-corrected chi connectivity index (χ4v) is 3.00. The van der Waals surface area contributed by atoms with Crippen LogP contribution in [0.15, 0.2) is 0 Å². The Morgan fingerprint density at radius 3 is 2.71 bits per heavy atom. The molecule has 0 bridgehead atoms. The van der Waals surface area contributed by atoms with Gasteiger partial charge in [0.25, 0.3) is 0 Å². The molecule has 0 aromatic heterocycles. The molecule has 0 aromatic carbocycles. The Bertz CT molecular complexity index is 317. The van der Waals surface area contributed by atoms with Gasteiger partial charge in [-0.05, 0) is 25.7 Å². The first kappa shape index (κ1) is 12.4. The van der Waals surface area contributed by atoms with Gasteiger partial charge in [0, 0.05) is 19.0 Å². The van der Waals surface area contributed by atoms with E-state index in [1.807, 2.05) is 4.90 Å². The van der Waals surface area contributed by atoms with Crippen molar-refractivity contribution in [1.29, 1.82) is 0 Å². The molecule has 2 fully saturated rings. The average Bonchev–Trinajstić information content (AvgIpc) is 2.40. The van der Waals surface area contributed by atoms with Crippen molar-refractivity contribution in [3.8, 4) is 0 Å². The summed E-state index contributed by atoms with van der Waals surface area (Å²) in [5.41, 5.74) is 0. The van der Waals surface area contributed by atoms with Crippen molar-refractivity contribution >= 4 is 11.8 Å². The molecule has 1 heterocycles. The Labute approximate surface area is 103 Å². The van der Waals surface area contributed by atoms with Gasteiger partial charge >= 0.3 is 0 Å². The number of carbonyl (C=O) groups excluding carboxylic acids is 2. The van der Waals surface area contributed by atoms with Gasteiger partial charge < -0.3 is 10.2 Å². The molecule has 2 rings (SSSR count). The Hall–Kier alpha value is -1.06. The van der Waals surface area contributed by atoms with E-state index in [1.165, 1.54) is 12.8 Å². The molecular weight excluding hydrogens is 216 g/mol. The molecule has 1 N–H and O–H groups in total. The maximum atomic E-state index is 12.2. The lowest BCUT2D eigenvalue weighted by Gasteiger charge is -2.36. The maximum Gasteiger partial charge on any atom is 0.245 e. The fraction of sp³-hybridized carbons (Fsp3) is 0.846. The van der Waals surface area contributed by atoms with Crippen molar-refractivity contribution in [2.45, 2.75) is 58.0 Å². The summed E-state index contributed by atoms with van der Waals surface area (Å²) in [5, 5.41) is 2.74. The van der Waals surface area contributed by atoms with E-state index in [2.05, 4.69) is 12.2 Å². The van der Waals surface area contributed by atoms with E-state index in [0.717, 1.165) is 12.8 Å². The van der Waals surface area contributed by atoms with Crippen LogP contribution in [0.3, 0.4) is 0 Å². The number of hydrogen-bond donors (Lipinski definition) is 1. The van der Waals surface area contributed by atoms with Crippen molar-refractivity contribution in [3.05, 3.63) is 0 Å². The van der Waals surface area contributed by atoms with E-state index < -0.39 is 0 Å². The van der Waals surface area contributed by atoms with Crippen LogP contribution in [0.2, 0.25) is 0 Å². The first-order valence-electron chi connectivity index (χ1n) is 6.67. The van der Waals surface area contributed by atoms with E-state index in [4.69, 9.17) is 0 Å². The third kappa shape index (κ3) is 2.79. The van der Waals surface area contributed by atoms with Crippen LogP contribution < -0.4 is 5.32 Å². The SMILES string of the molecule is CC1CCCC(N2CCC(=O)NC(C)C2=O)C1. The van der Waals surface area contributed by atoms with Crippen LogP contribution in [-0.2, 0) is 9.59 Å². The number of rotatable bonds is 1. The molecule has 2 amide bonds. The average molecular weight is 238 g/mol. The quantitative estimate of drug-likeness (QED) is 0.748. The third-order valence-corrected chi connectivity index (χ3v) is 3.96. The summed E-state index contributed by atoms with van der Waals surface area (Å²) in [7, 11) is 0. The van der Waals surface area contributed by atoms with Crippen LogP contribution in [0.5, 0.6) is 0 Å². The Morgan fingerprint density at radius 2 is 2.00 bits per heavy atom. The van der Waals surface area contributed by atoms with Crippen molar-refractivity contribution in [3.63, 3.8) is 0 Å². The second-order valence-electron chi connectivity index (χ2n) is 5.50. The number of amides is 2.